The van der Waals surface area contributed by atoms with Gasteiger partial charge < -0.3 is 19.6 Å². The van der Waals surface area contributed by atoms with Crippen molar-refractivity contribution in [3.8, 4) is 0 Å². The zero-order valence-electron chi connectivity index (χ0n) is 18.0. The third-order valence-corrected chi connectivity index (χ3v) is 7.65. The maximum absolute atomic E-state index is 12.7. The third kappa shape index (κ3) is 5.10. The van der Waals surface area contributed by atoms with Crippen LogP contribution in [0.2, 0.25) is 5.02 Å². The van der Waals surface area contributed by atoms with Gasteiger partial charge in [-0.15, -0.1) is 0 Å². The summed E-state index contributed by atoms with van der Waals surface area (Å²) in [6.07, 6.45) is 4.75. The lowest BCUT2D eigenvalue weighted by Crippen LogP contribution is -2.48. The summed E-state index contributed by atoms with van der Waals surface area (Å²) in [7, 11) is -1.55. The van der Waals surface area contributed by atoms with E-state index in [4.69, 9.17) is 11.6 Å². The molecule has 0 bridgehead atoms. The van der Waals surface area contributed by atoms with Crippen LogP contribution in [0.15, 0.2) is 41.6 Å². The lowest BCUT2D eigenvalue weighted by Gasteiger charge is -2.36. The van der Waals surface area contributed by atoms with E-state index in [9.17, 15) is 18.0 Å². The molecule has 10 heteroatoms. The number of rotatable bonds is 6. The molecular weight excluding hydrogens is 452 g/mol. The molecule has 2 fully saturated rings. The first-order valence-corrected chi connectivity index (χ1v) is 12.7. The Kier molecular flexibility index (Phi) is 6.48. The molecular formula is C22H27ClN4O4S. The van der Waals surface area contributed by atoms with E-state index in [0.29, 0.717) is 37.6 Å². The molecule has 1 aromatic carbocycles. The number of nitrogens with zero attached hydrogens (tertiary/aromatic N) is 4. The van der Waals surface area contributed by atoms with Crippen LogP contribution >= 0.6 is 11.6 Å². The minimum absolute atomic E-state index is 0.0480. The van der Waals surface area contributed by atoms with Crippen LogP contribution in [0.4, 0.5) is 0 Å². The topological polar surface area (TPSA) is 81.2 Å². The molecule has 0 saturated carbocycles. The number of halogens is 1. The molecule has 0 aliphatic carbocycles. The van der Waals surface area contributed by atoms with Crippen LogP contribution in [0, 0.1) is 0 Å². The van der Waals surface area contributed by atoms with Gasteiger partial charge in [0.1, 0.15) is 5.70 Å². The third-order valence-electron chi connectivity index (χ3n) is 6.08. The number of carbonyl (C=O) groups is 2. The van der Waals surface area contributed by atoms with Gasteiger partial charge in [-0.2, -0.15) is 0 Å². The molecule has 172 valence electrons. The van der Waals surface area contributed by atoms with E-state index in [1.165, 1.54) is 6.08 Å². The Morgan fingerprint density at radius 3 is 2.50 bits per heavy atom. The predicted molar refractivity (Wildman–Crippen MR) is 123 cm³/mol. The Balaban J connectivity index is 1.24. The second kappa shape index (κ2) is 9.15. The van der Waals surface area contributed by atoms with Gasteiger partial charge in [-0.1, -0.05) is 23.7 Å². The fourth-order valence-electron chi connectivity index (χ4n) is 4.30. The monoisotopic (exact) mass is 478 g/mol. The number of fused-ring (bicyclic) bond motifs is 1. The molecule has 3 aliphatic rings. The number of piperidine rings is 1. The first-order valence-electron chi connectivity index (χ1n) is 10.6. The summed E-state index contributed by atoms with van der Waals surface area (Å²) in [6.45, 7) is 2.38. The number of hydrogen-bond acceptors (Lipinski definition) is 6. The van der Waals surface area contributed by atoms with E-state index in [1.807, 2.05) is 23.0 Å². The maximum atomic E-state index is 12.7. The molecule has 8 nitrogen and oxygen atoms in total. The molecule has 3 heterocycles. The number of amides is 2. The molecule has 0 spiro atoms. The van der Waals surface area contributed by atoms with Crippen LogP contribution < -0.4 is 0 Å². The van der Waals surface area contributed by atoms with E-state index in [1.54, 1.807) is 29.2 Å². The lowest BCUT2D eigenvalue weighted by atomic mass is 10.0. The van der Waals surface area contributed by atoms with Gasteiger partial charge in [0.25, 0.3) is 5.91 Å². The van der Waals surface area contributed by atoms with Crippen molar-refractivity contribution in [1.29, 1.82) is 0 Å². The van der Waals surface area contributed by atoms with Crippen LogP contribution in [-0.2, 0) is 19.4 Å². The largest absolute Gasteiger partial charge is 0.361 e. The van der Waals surface area contributed by atoms with Crippen LogP contribution in [0.25, 0.3) is 6.08 Å². The second-order valence-corrected chi connectivity index (χ2v) is 10.9. The van der Waals surface area contributed by atoms with Gasteiger partial charge in [0.15, 0.2) is 9.84 Å². The van der Waals surface area contributed by atoms with Crippen LogP contribution in [0.3, 0.4) is 0 Å². The second-order valence-electron chi connectivity index (χ2n) is 8.45. The van der Waals surface area contributed by atoms with E-state index in [2.05, 4.69) is 4.90 Å². The van der Waals surface area contributed by atoms with E-state index in [-0.39, 0.29) is 30.0 Å². The van der Waals surface area contributed by atoms with Crippen molar-refractivity contribution in [1.82, 2.24) is 19.6 Å². The molecule has 0 radical (unpaired) electrons. The zero-order chi connectivity index (χ0) is 22.9. The summed E-state index contributed by atoms with van der Waals surface area (Å²) >= 11 is 5.83. The highest BCUT2D eigenvalue weighted by Crippen LogP contribution is 2.29. The van der Waals surface area contributed by atoms with Crippen LogP contribution in [0.1, 0.15) is 24.8 Å². The minimum atomic E-state index is -3.50. The van der Waals surface area contributed by atoms with Gasteiger partial charge in [-0.3, -0.25) is 9.59 Å². The Morgan fingerprint density at radius 2 is 1.84 bits per heavy atom. The predicted octanol–water partition coefficient (Wildman–Crippen LogP) is 1.95. The molecule has 4 rings (SSSR count). The summed E-state index contributed by atoms with van der Waals surface area (Å²) in [5.74, 6) is -0.334. The summed E-state index contributed by atoms with van der Waals surface area (Å²) in [5, 5.41) is 1.73. The Labute approximate surface area is 193 Å². The smallest absolute Gasteiger partial charge is 0.273 e. The number of sulfone groups is 1. The summed E-state index contributed by atoms with van der Waals surface area (Å²) in [4.78, 5) is 32.9. The normalized spacial score (nSPS) is 19.8. The van der Waals surface area contributed by atoms with Crippen LogP contribution in [0.5, 0.6) is 0 Å². The molecule has 32 heavy (non-hydrogen) atoms. The SMILES string of the molecule is CN1C=C2C(=O)N(C3CCN(C(=O)CCS(=O)(=O)C=Cc4ccc(Cl)cc4)CC3)CN2C1. The highest BCUT2D eigenvalue weighted by atomic mass is 35.5. The minimum Gasteiger partial charge on any atom is -0.361 e. The summed E-state index contributed by atoms with van der Waals surface area (Å²) < 4.78 is 24.6. The fourth-order valence-corrected chi connectivity index (χ4v) is 5.39. The highest BCUT2D eigenvalue weighted by molar-refractivity contribution is 7.94. The van der Waals surface area contributed by atoms with Gasteiger partial charge in [-0.05, 0) is 36.6 Å². The van der Waals surface area contributed by atoms with Crippen molar-refractivity contribution in [2.75, 3.05) is 39.2 Å². The fraction of sp³-hybridized carbons (Fsp3) is 0.455. The number of hydrogen-bond donors (Lipinski definition) is 0. The summed E-state index contributed by atoms with van der Waals surface area (Å²) in [5.41, 5.74) is 1.47. The van der Waals surface area contributed by atoms with Crippen molar-refractivity contribution in [3.63, 3.8) is 0 Å². The average Bonchev–Trinajstić information content (AvgIpc) is 3.29. The van der Waals surface area contributed by atoms with Gasteiger partial charge in [0.05, 0.1) is 19.1 Å². The molecule has 3 aliphatic heterocycles. The number of carbonyl (C=O) groups excluding carboxylic acids is 2. The Bertz CT molecular complexity index is 1050. The summed E-state index contributed by atoms with van der Waals surface area (Å²) in [6, 6.07) is 6.95. The Morgan fingerprint density at radius 1 is 1.16 bits per heavy atom. The van der Waals surface area contributed by atoms with Gasteiger partial charge in [0.2, 0.25) is 5.91 Å². The van der Waals surface area contributed by atoms with Gasteiger partial charge in [0, 0.05) is 49.2 Å². The molecule has 0 atom stereocenters. The van der Waals surface area contributed by atoms with Gasteiger partial charge in [-0.25, -0.2) is 8.42 Å². The lowest BCUT2D eigenvalue weighted by molar-refractivity contribution is -0.133. The van der Waals surface area contributed by atoms with Gasteiger partial charge >= 0.3 is 0 Å². The molecule has 2 saturated heterocycles. The molecule has 0 aromatic heterocycles. The number of benzene rings is 1. The first kappa shape index (κ1) is 22.7. The van der Waals surface area contributed by atoms with Crippen molar-refractivity contribution >= 4 is 39.3 Å². The standard InChI is InChI=1S/C22H27ClN4O4S/c1-24-14-20-22(29)27(16-26(20)15-24)19-6-10-25(11-7-19)21(28)9-13-32(30,31)12-8-17-2-4-18(23)5-3-17/h2-5,8,12,14,19H,6-7,9-11,13,15-16H2,1H3. The quantitative estimate of drug-likeness (QED) is 0.621. The highest BCUT2D eigenvalue weighted by Gasteiger charge is 2.41. The molecule has 1 aromatic rings. The van der Waals surface area contributed by atoms with Crippen LogP contribution in [-0.4, -0.2) is 85.1 Å². The van der Waals surface area contributed by atoms with Crippen molar-refractivity contribution in [3.05, 3.63) is 52.2 Å². The Hall–Kier alpha value is -2.52. The van der Waals surface area contributed by atoms with Crippen molar-refractivity contribution in [2.45, 2.75) is 25.3 Å². The van der Waals surface area contributed by atoms with Crippen molar-refractivity contribution in [2.24, 2.45) is 0 Å². The van der Waals surface area contributed by atoms with E-state index >= 15 is 0 Å². The molecule has 0 unspecified atom stereocenters. The average molecular weight is 479 g/mol. The first-order chi connectivity index (χ1) is 15.2. The van der Waals surface area contributed by atoms with E-state index < -0.39 is 9.84 Å². The maximum Gasteiger partial charge on any atom is 0.273 e. The van der Waals surface area contributed by atoms with Crippen molar-refractivity contribution < 1.29 is 18.0 Å². The number of likely N-dealkylation sites (tertiary alicyclic amines) is 1. The van der Waals surface area contributed by atoms with E-state index in [0.717, 1.165) is 23.3 Å². The molecule has 2 amide bonds. The molecule has 0 N–H and O–H groups in total. The zero-order valence-corrected chi connectivity index (χ0v) is 19.6.